The van der Waals surface area contributed by atoms with E-state index in [2.05, 4.69) is 5.32 Å². The SMILES string of the molecule is COC(=O)C1=C(C)NC2=C(C(=O)c3ccccc32)[C@@H]1c1cc(Cl)c(OCc2ccc(Cl)cc2)c(Cl)c1. The number of methoxy groups -OCH3 is 1. The van der Waals surface area contributed by atoms with Gasteiger partial charge in [0.25, 0.3) is 0 Å². The van der Waals surface area contributed by atoms with E-state index in [1.807, 2.05) is 30.3 Å². The van der Waals surface area contributed by atoms with Crippen molar-refractivity contribution in [1.82, 2.24) is 5.32 Å². The molecule has 0 unspecified atom stereocenters. The number of dihydropyridines is 1. The lowest BCUT2D eigenvalue weighted by Crippen LogP contribution is -2.29. The van der Waals surface area contributed by atoms with Crippen molar-refractivity contribution in [2.45, 2.75) is 19.4 Å². The maximum atomic E-state index is 13.5. The van der Waals surface area contributed by atoms with E-state index in [-0.39, 0.29) is 22.4 Å². The van der Waals surface area contributed by atoms with Crippen LogP contribution in [0.15, 0.2) is 77.5 Å². The summed E-state index contributed by atoms with van der Waals surface area (Å²) >= 11 is 19.2. The molecule has 0 fully saturated rings. The van der Waals surface area contributed by atoms with Crippen LogP contribution in [0.3, 0.4) is 0 Å². The Morgan fingerprint density at radius 3 is 2.25 bits per heavy atom. The highest BCUT2D eigenvalue weighted by molar-refractivity contribution is 6.37. The molecule has 0 aromatic heterocycles. The molecule has 1 atom stereocenters. The third kappa shape index (κ3) is 4.17. The van der Waals surface area contributed by atoms with Crippen LogP contribution in [0.2, 0.25) is 15.1 Å². The number of allylic oxidation sites excluding steroid dienone is 2. The third-order valence-corrected chi connectivity index (χ3v) is 7.12. The number of Topliss-reactive ketones (excluding diaryl/α,β-unsaturated/α-hetero) is 1. The first kappa shape index (κ1) is 24.4. The van der Waals surface area contributed by atoms with E-state index in [0.717, 1.165) is 11.1 Å². The van der Waals surface area contributed by atoms with Gasteiger partial charge in [0, 0.05) is 33.3 Å². The second-order valence-corrected chi connectivity index (χ2v) is 9.73. The van der Waals surface area contributed by atoms with E-state index in [1.54, 1.807) is 37.3 Å². The van der Waals surface area contributed by atoms with Crippen LogP contribution in [-0.2, 0) is 16.1 Å². The normalized spacial score (nSPS) is 16.5. The van der Waals surface area contributed by atoms with Crippen LogP contribution < -0.4 is 10.1 Å². The van der Waals surface area contributed by atoms with E-state index < -0.39 is 11.9 Å². The first-order valence-corrected chi connectivity index (χ1v) is 12.2. The molecule has 2 aliphatic rings. The first-order valence-electron chi connectivity index (χ1n) is 11.1. The average molecular weight is 541 g/mol. The number of hydrogen-bond donors (Lipinski definition) is 1. The van der Waals surface area contributed by atoms with Crippen LogP contribution in [0, 0.1) is 0 Å². The zero-order valence-electron chi connectivity index (χ0n) is 19.3. The Morgan fingerprint density at radius 2 is 1.61 bits per heavy atom. The van der Waals surface area contributed by atoms with Crippen LogP contribution in [-0.4, -0.2) is 18.9 Å². The van der Waals surface area contributed by atoms with Gasteiger partial charge in [-0.25, -0.2) is 4.79 Å². The molecule has 0 saturated heterocycles. The van der Waals surface area contributed by atoms with Gasteiger partial charge in [-0.1, -0.05) is 71.2 Å². The van der Waals surface area contributed by atoms with Gasteiger partial charge in [-0.2, -0.15) is 0 Å². The highest BCUT2D eigenvalue weighted by Gasteiger charge is 2.43. The molecule has 1 aliphatic carbocycles. The molecule has 1 heterocycles. The summed E-state index contributed by atoms with van der Waals surface area (Å²) in [5, 5.41) is 4.40. The fourth-order valence-electron chi connectivity index (χ4n) is 4.66. The molecule has 3 aromatic carbocycles. The van der Waals surface area contributed by atoms with Gasteiger partial charge in [0.15, 0.2) is 11.5 Å². The monoisotopic (exact) mass is 539 g/mol. The zero-order chi connectivity index (χ0) is 25.6. The molecule has 3 aromatic rings. The van der Waals surface area contributed by atoms with Gasteiger partial charge in [0.1, 0.15) is 6.61 Å². The van der Waals surface area contributed by atoms with Crippen molar-refractivity contribution in [1.29, 1.82) is 0 Å². The van der Waals surface area contributed by atoms with Crippen LogP contribution in [0.1, 0.15) is 39.9 Å². The molecule has 5 nitrogen and oxygen atoms in total. The molecule has 0 bridgehead atoms. The second-order valence-electron chi connectivity index (χ2n) is 8.48. The Hall–Kier alpha value is -3.25. The fourth-order valence-corrected chi connectivity index (χ4v) is 5.40. The standard InChI is InChI=1S/C28H20Cl3NO4/c1-14-22(28(34)35-2)23(24-25(32-14)18-5-3-4-6-19(18)26(24)33)16-11-20(30)27(21(31)12-16)36-13-15-7-9-17(29)10-8-15/h3-12,23,32H,13H2,1-2H3/t23-/m1/s1. The van der Waals surface area contributed by atoms with E-state index >= 15 is 0 Å². The maximum absolute atomic E-state index is 13.5. The minimum Gasteiger partial charge on any atom is -0.486 e. The van der Waals surface area contributed by atoms with Crippen LogP contribution in [0.25, 0.3) is 5.70 Å². The van der Waals surface area contributed by atoms with Gasteiger partial charge in [0.05, 0.1) is 28.4 Å². The number of benzene rings is 3. The number of esters is 1. The van der Waals surface area contributed by atoms with Gasteiger partial charge in [-0.3, -0.25) is 4.79 Å². The summed E-state index contributed by atoms with van der Waals surface area (Å²) < 4.78 is 11.0. The number of fused-ring (bicyclic) bond motifs is 2. The van der Waals surface area contributed by atoms with E-state index in [1.165, 1.54) is 7.11 Å². The van der Waals surface area contributed by atoms with Crippen molar-refractivity contribution in [2.24, 2.45) is 0 Å². The van der Waals surface area contributed by atoms with Crippen LogP contribution in [0.5, 0.6) is 5.75 Å². The lowest BCUT2D eigenvalue weighted by molar-refractivity contribution is -0.136. The molecule has 0 spiro atoms. The summed E-state index contributed by atoms with van der Waals surface area (Å²) in [6, 6.07) is 17.9. The van der Waals surface area contributed by atoms with Crippen molar-refractivity contribution in [2.75, 3.05) is 7.11 Å². The molecule has 36 heavy (non-hydrogen) atoms. The number of ether oxygens (including phenoxy) is 2. The topological polar surface area (TPSA) is 64.6 Å². The molecule has 0 radical (unpaired) electrons. The molecular weight excluding hydrogens is 521 g/mol. The first-order chi connectivity index (χ1) is 17.3. The fraction of sp³-hybridized carbons (Fsp3) is 0.143. The summed E-state index contributed by atoms with van der Waals surface area (Å²) in [6.45, 7) is 2.01. The predicted molar refractivity (Wildman–Crippen MR) is 141 cm³/mol. The lowest BCUT2D eigenvalue weighted by atomic mass is 9.80. The van der Waals surface area contributed by atoms with Gasteiger partial charge >= 0.3 is 5.97 Å². The number of ketones is 1. The smallest absolute Gasteiger partial charge is 0.336 e. The van der Waals surface area contributed by atoms with Crippen molar-refractivity contribution < 1.29 is 19.1 Å². The van der Waals surface area contributed by atoms with Crippen molar-refractivity contribution in [3.05, 3.63) is 115 Å². The number of rotatable bonds is 5. The average Bonchev–Trinajstić information content (AvgIpc) is 3.14. The highest BCUT2D eigenvalue weighted by atomic mass is 35.5. The second kappa shape index (κ2) is 9.66. The molecule has 182 valence electrons. The molecule has 0 saturated carbocycles. The largest absolute Gasteiger partial charge is 0.486 e. The highest BCUT2D eigenvalue weighted by Crippen LogP contribution is 2.48. The van der Waals surface area contributed by atoms with E-state index in [4.69, 9.17) is 44.3 Å². The molecule has 1 aliphatic heterocycles. The Balaban J connectivity index is 1.57. The minimum atomic E-state index is -0.728. The molecule has 8 heteroatoms. The Morgan fingerprint density at radius 1 is 0.972 bits per heavy atom. The summed E-state index contributed by atoms with van der Waals surface area (Å²) in [4.78, 5) is 26.4. The maximum Gasteiger partial charge on any atom is 0.336 e. The minimum absolute atomic E-state index is 0.165. The van der Waals surface area contributed by atoms with Crippen LogP contribution >= 0.6 is 34.8 Å². The lowest BCUT2D eigenvalue weighted by Gasteiger charge is -2.29. The Bertz CT molecular complexity index is 1450. The van der Waals surface area contributed by atoms with Gasteiger partial charge < -0.3 is 14.8 Å². The quantitative estimate of drug-likeness (QED) is 0.354. The summed E-state index contributed by atoms with van der Waals surface area (Å²) in [6.07, 6.45) is 0. The number of hydrogen-bond acceptors (Lipinski definition) is 5. The van der Waals surface area contributed by atoms with Gasteiger partial charge in [-0.05, 0) is 42.3 Å². The van der Waals surface area contributed by atoms with Crippen molar-refractivity contribution in [3.8, 4) is 5.75 Å². The third-order valence-electron chi connectivity index (χ3n) is 6.30. The molecule has 0 amide bonds. The molecule has 1 N–H and O–H groups in total. The van der Waals surface area contributed by atoms with E-state index in [0.29, 0.717) is 44.4 Å². The predicted octanol–water partition coefficient (Wildman–Crippen LogP) is 6.97. The Labute approximate surface area is 223 Å². The number of carbonyl (C=O) groups excluding carboxylic acids is 2. The van der Waals surface area contributed by atoms with Crippen LogP contribution in [0.4, 0.5) is 0 Å². The van der Waals surface area contributed by atoms with Crippen molar-refractivity contribution >= 4 is 52.3 Å². The zero-order valence-corrected chi connectivity index (χ0v) is 21.6. The summed E-state index contributed by atoms with van der Waals surface area (Å²) in [5.74, 6) is -1.13. The van der Waals surface area contributed by atoms with Gasteiger partial charge in [-0.15, -0.1) is 0 Å². The summed E-state index contributed by atoms with van der Waals surface area (Å²) in [7, 11) is 1.31. The molecule has 5 rings (SSSR count). The number of halogens is 3. The van der Waals surface area contributed by atoms with Crippen molar-refractivity contribution in [3.63, 3.8) is 0 Å². The van der Waals surface area contributed by atoms with E-state index in [9.17, 15) is 9.59 Å². The summed E-state index contributed by atoms with van der Waals surface area (Å²) in [5.41, 5.74) is 4.85. The van der Waals surface area contributed by atoms with Gasteiger partial charge in [0.2, 0.25) is 0 Å². The Kier molecular flexibility index (Phi) is 6.56. The number of carbonyl (C=O) groups is 2. The molecular formula is C28H20Cl3NO4. The number of nitrogens with one attached hydrogen (secondary N) is 1.